The number of aromatic nitrogens is 3. The minimum absolute atomic E-state index is 0.0927. The Bertz CT molecular complexity index is 1490. The van der Waals surface area contributed by atoms with Crippen LogP contribution in [0.1, 0.15) is 16.8 Å². The van der Waals surface area contributed by atoms with Gasteiger partial charge >= 0.3 is 0 Å². The molecule has 0 saturated heterocycles. The number of hydrogen-bond donors (Lipinski definition) is 2. The van der Waals surface area contributed by atoms with Crippen LogP contribution < -0.4 is 5.32 Å². The van der Waals surface area contributed by atoms with Gasteiger partial charge in [-0.05, 0) is 75.6 Å². The topological polar surface area (TPSA) is 63.0 Å². The van der Waals surface area contributed by atoms with Gasteiger partial charge in [-0.3, -0.25) is 0 Å². The zero-order valence-corrected chi connectivity index (χ0v) is 22.0. The maximum absolute atomic E-state index is 13.8. The minimum atomic E-state index is -1.60. The Balaban J connectivity index is 1.65. The average molecular weight is 578 g/mol. The van der Waals surface area contributed by atoms with Crippen molar-refractivity contribution >= 4 is 33.2 Å². The molecule has 0 radical (unpaired) electrons. The van der Waals surface area contributed by atoms with Crippen molar-refractivity contribution in [3.8, 4) is 11.3 Å². The lowest BCUT2D eigenvalue weighted by Gasteiger charge is -2.29. The highest BCUT2D eigenvalue weighted by molar-refractivity contribution is 9.10. The molecule has 0 saturated carbocycles. The molecule has 5 rings (SSSR count). The normalized spacial score (nSPS) is 12.8. The number of para-hydroxylation sites is 1. The highest BCUT2D eigenvalue weighted by Crippen LogP contribution is 2.37. The van der Waals surface area contributed by atoms with Crippen molar-refractivity contribution < 1.29 is 9.50 Å². The molecule has 186 valence electrons. The Morgan fingerprint density at radius 2 is 1.57 bits per heavy atom. The smallest absolute Gasteiger partial charge is 0.153 e. The van der Waals surface area contributed by atoms with Crippen LogP contribution >= 0.6 is 27.5 Å². The first kappa shape index (κ1) is 25.1. The number of nitrogens with zero attached hydrogens (tertiary/aromatic N) is 3. The van der Waals surface area contributed by atoms with Gasteiger partial charge in [0.05, 0.1) is 18.8 Å². The quantitative estimate of drug-likeness (QED) is 0.211. The molecule has 5 nitrogen and oxygen atoms in total. The van der Waals surface area contributed by atoms with Gasteiger partial charge in [-0.2, -0.15) is 0 Å². The lowest BCUT2D eigenvalue weighted by atomic mass is 9.87. The number of halogens is 3. The molecule has 0 aliphatic carbocycles. The van der Waals surface area contributed by atoms with Gasteiger partial charge in [0, 0.05) is 20.7 Å². The van der Waals surface area contributed by atoms with Gasteiger partial charge in [-0.15, -0.1) is 5.10 Å². The summed E-state index contributed by atoms with van der Waals surface area (Å²) in [5.41, 5.74) is 2.45. The van der Waals surface area contributed by atoms with Crippen LogP contribution in [0.2, 0.25) is 5.02 Å². The predicted molar refractivity (Wildman–Crippen MR) is 148 cm³/mol. The number of rotatable bonds is 8. The van der Waals surface area contributed by atoms with Crippen LogP contribution in [0.5, 0.6) is 0 Å². The first-order valence-electron chi connectivity index (χ1n) is 11.6. The summed E-state index contributed by atoms with van der Waals surface area (Å²) in [4.78, 5) is 0. The number of anilines is 1. The first-order chi connectivity index (χ1) is 17.9. The van der Waals surface area contributed by atoms with Crippen molar-refractivity contribution in [2.24, 2.45) is 0 Å². The van der Waals surface area contributed by atoms with E-state index in [1.807, 2.05) is 54.6 Å². The molecule has 4 aromatic carbocycles. The van der Waals surface area contributed by atoms with E-state index in [0.717, 1.165) is 15.7 Å². The van der Waals surface area contributed by atoms with E-state index in [0.29, 0.717) is 34.1 Å². The van der Waals surface area contributed by atoms with Gasteiger partial charge in [0.2, 0.25) is 0 Å². The van der Waals surface area contributed by atoms with Crippen LogP contribution in [0, 0.1) is 5.82 Å². The van der Waals surface area contributed by atoms with Crippen molar-refractivity contribution in [3.63, 3.8) is 0 Å². The van der Waals surface area contributed by atoms with Crippen molar-refractivity contribution in [2.75, 3.05) is 11.9 Å². The van der Waals surface area contributed by atoms with E-state index in [-0.39, 0.29) is 12.4 Å². The molecule has 1 aromatic heterocycles. The molecule has 1 heterocycles. The van der Waals surface area contributed by atoms with Crippen molar-refractivity contribution in [3.05, 3.63) is 135 Å². The fraction of sp³-hybridized carbons (Fsp3) is 0.103. The van der Waals surface area contributed by atoms with Crippen LogP contribution in [0.3, 0.4) is 0 Å². The second-order valence-electron chi connectivity index (χ2n) is 8.64. The molecule has 0 bridgehead atoms. The maximum Gasteiger partial charge on any atom is 0.153 e. The van der Waals surface area contributed by atoms with Crippen LogP contribution in [0.15, 0.2) is 108 Å². The molecular formula is C29H23BrClFN4O. The predicted octanol–water partition coefficient (Wildman–Crippen LogP) is 6.90. The number of benzene rings is 4. The highest BCUT2D eigenvalue weighted by Gasteiger charge is 2.38. The van der Waals surface area contributed by atoms with Crippen molar-refractivity contribution in [1.29, 1.82) is 0 Å². The van der Waals surface area contributed by atoms with E-state index in [1.54, 1.807) is 41.1 Å². The molecular weight excluding hydrogens is 555 g/mol. The SMILES string of the molecule is OC(CNc1ccccc1Br)(c1ccc(Cl)cc1)c1nnn(Cc2ccccc2)c1-c1ccc(F)cc1. The van der Waals surface area contributed by atoms with Crippen molar-refractivity contribution in [1.82, 2.24) is 15.0 Å². The molecule has 0 amide bonds. The summed E-state index contributed by atoms with van der Waals surface area (Å²) < 4.78 is 16.4. The summed E-state index contributed by atoms with van der Waals surface area (Å²) in [6.07, 6.45) is 0. The molecule has 0 aliphatic rings. The summed E-state index contributed by atoms with van der Waals surface area (Å²) in [7, 11) is 0. The van der Waals surface area contributed by atoms with Crippen LogP contribution in [-0.4, -0.2) is 26.6 Å². The van der Waals surface area contributed by atoms with Crippen LogP contribution in [-0.2, 0) is 12.1 Å². The van der Waals surface area contributed by atoms with Gasteiger partial charge in [-0.25, -0.2) is 9.07 Å². The second-order valence-corrected chi connectivity index (χ2v) is 9.93. The average Bonchev–Trinajstić information content (AvgIpc) is 3.33. The fourth-order valence-electron chi connectivity index (χ4n) is 4.23. The Morgan fingerprint density at radius 1 is 0.892 bits per heavy atom. The zero-order valence-electron chi connectivity index (χ0n) is 19.7. The van der Waals surface area contributed by atoms with E-state index in [9.17, 15) is 9.50 Å². The molecule has 0 spiro atoms. The monoisotopic (exact) mass is 576 g/mol. The van der Waals surface area contributed by atoms with E-state index in [2.05, 4.69) is 31.6 Å². The Hall–Kier alpha value is -3.52. The molecule has 8 heteroatoms. The standard InChI is InChI=1S/C29H23BrClFN4O/c30-25-8-4-5-9-26(25)33-19-29(37,22-12-14-23(31)15-13-22)28-27(21-10-16-24(32)17-11-21)36(35-34-28)18-20-6-2-1-3-7-20/h1-17,33,37H,18-19H2. The van der Waals surface area contributed by atoms with E-state index >= 15 is 0 Å². The van der Waals surface area contributed by atoms with Crippen LogP contribution in [0.4, 0.5) is 10.1 Å². The molecule has 0 aliphatic heterocycles. The second kappa shape index (κ2) is 10.8. The molecule has 0 fully saturated rings. The number of aliphatic hydroxyl groups is 1. The third kappa shape index (κ3) is 5.44. The summed E-state index contributed by atoms with van der Waals surface area (Å²) in [5.74, 6) is -0.351. The largest absolute Gasteiger partial charge is 0.380 e. The Kier molecular flexibility index (Phi) is 7.37. The molecule has 5 aromatic rings. The summed E-state index contributed by atoms with van der Waals surface area (Å²) in [5, 5.41) is 25.2. The van der Waals surface area contributed by atoms with Gasteiger partial charge in [0.1, 0.15) is 11.5 Å². The minimum Gasteiger partial charge on any atom is -0.380 e. The first-order valence-corrected chi connectivity index (χ1v) is 12.8. The third-order valence-electron chi connectivity index (χ3n) is 6.15. The summed E-state index contributed by atoms with van der Waals surface area (Å²) in [6.45, 7) is 0.518. The van der Waals surface area contributed by atoms with Gasteiger partial charge in [-0.1, -0.05) is 71.4 Å². The molecule has 1 unspecified atom stereocenters. The molecule has 2 N–H and O–H groups in total. The highest BCUT2D eigenvalue weighted by atomic mass is 79.9. The lowest BCUT2D eigenvalue weighted by Crippen LogP contribution is -2.36. The fourth-order valence-corrected chi connectivity index (χ4v) is 4.78. The van der Waals surface area contributed by atoms with Gasteiger partial charge in [0.15, 0.2) is 5.60 Å². The van der Waals surface area contributed by atoms with Crippen molar-refractivity contribution in [2.45, 2.75) is 12.1 Å². The van der Waals surface area contributed by atoms with E-state index in [4.69, 9.17) is 11.6 Å². The van der Waals surface area contributed by atoms with E-state index < -0.39 is 5.60 Å². The Labute approximate surface area is 227 Å². The van der Waals surface area contributed by atoms with Gasteiger partial charge < -0.3 is 10.4 Å². The van der Waals surface area contributed by atoms with Crippen LogP contribution in [0.25, 0.3) is 11.3 Å². The summed E-state index contributed by atoms with van der Waals surface area (Å²) in [6, 6.07) is 30.6. The Morgan fingerprint density at radius 3 is 2.27 bits per heavy atom. The zero-order chi connectivity index (χ0) is 25.8. The number of nitrogens with one attached hydrogen (secondary N) is 1. The third-order valence-corrected chi connectivity index (χ3v) is 7.09. The molecule has 37 heavy (non-hydrogen) atoms. The molecule has 1 atom stereocenters. The maximum atomic E-state index is 13.8. The van der Waals surface area contributed by atoms with Gasteiger partial charge in [0.25, 0.3) is 0 Å². The summed E-state index contributed by atoms with van der Waals surface area (Å²) >= 11 is 9.72. The lowest BCUT2D eigenvalue weighted by molar-refractivity contribution is 0.0907. The number of hydrogen-bond acceptors (Lipinski definition) is 4. The van der Waals surface area contributed by atoms with E-state index in [1.165, 1.54) is 12.1 Å².